The van der Waals surface area contributed by atoms with Gasteiger partial charge >= 0.3 is 0 Å². The van der Waals surface area contributed by atoms with Gasteiger partial charge in [-0.3, -0.25) is 19.3 Å². The maximum atomic E-state index is 12.6. The Morgan fingerprint density at radius 2 is 1.90 bits per heavy atom. The van der Waals surface area contributed by atoms with Crippen LogP contribution in [-0.2, 0) is 9.59 Å². The highest BCUT2D eigenvalue weighted by atomic mass is 35.5. The number of amides is 3. The van der Waals surface area contributed by atoms with Crippen LogP contribution in [0.25, 0.3) is 6.08 Å². The molecule has 2 aromatic carbocycles. The molecule has 0 unspecified atom stereocenters. The van der Waals surface area contributed by atoms with E-state index in [9.17, 15) is 14.4 Å². The third kappa shape index (κ3) is 5.05. The number of benzene rings is 2. The minimum Gasteiger partial charge on any atom is -0.495 e. The first-order valence-electron chi connectivity index (χ1n) is 8.12. The number of imide groups is 1. The van der Waals surface area contributed by atoms with Crippen molar-refractivity contribution in [3.8, 4) is 5.75 Å². The quantitative estimate of drug-likeness (QED) is 0.597. The van der Waals surface area contributed by atoms with E-state index in [1.807, 2.05) is 0 Å². The summed E-state index contributed by atoms with van der Waals surface area (Å²) in [6, 6.07) is 9.49. The van der Waals surface area contributed by atoms with Gasteiger partial charge in [-0.1, -0.05) is 40.9 Å². The van der Waals surface area contributed by atoms with E-state index in [0.29, 0.717) is 32.1 Å². The summed E-state index contributed by atoms with van der Waals surface area (Å²) >= 11 is 18.7. The topological polar surface area (TPSA) is 75.7 Å². The number of nitrogens with zero attached hydrogens (tertiary/aromatic N) is 1. The number of nitrogens with one attached hydrogen (secondary N) is 1. The van der Waals surface area contributed by atoms with Gasteiger partial charge in [-0.15, -0.1) is 0 Å². The first-order chi connectivity index (χ1) is 13.8. The van der Waals surface area contributed by atoms with Gasteiger partial charge in [-0.25, -0.2) is 0 Å². The molecular formula is C19H13Cl3N2O4S. The SMILES string of the molecule is COc1ccc(NC(=O)CN2C(=O)S/C(=C/c3ccc(Cl)cc3Cl)C2=O)cc1Cl. The molecule has 0 radical (unpaired) electrons. The third-order valence-corrected chi connectivity index (χ3v) is 5.63. The van der Waals surface area contributed by atoms with Crippen molar-refractivity contribution < 1.29 is 19.1 Å². The summed E-state index contributed by atoms with van der Waals surface area (Å²) in [4.78, 5) is 38.1. The van der Waals surface area contributed by atoms with Crippen molar-refractivity contribution in [2.24, 2.45) is 0 Å². The fraction of sp³-hybridized carbons (Fsp3) is 0.105. The van der Waals surface area contributed by atoms with Crippen LogP contribution in [0.1, 0.15) is 5.56 Å². The Hall–Kier alpha value is -2.19. The molecule has 0 atom stereocenters. The van der Waals surface area contributed by atoms with Gasteiger partial charge in [0, 0.05) is 15.7 Å². The molecule has 3 amide bonds. The van der Waals surface area contributed by atoms with E-state index in [1.54, 1.807) is 24.3 Å². The molecule has 150 valence electrons. The largest absolute Gasteiger partial charge is 0.495 e. The molecule has 1 N–H and O–H groups in total. The minimum absolute atomic E-state index is 0.166. The normalized spacial score (nSPS) is 15.2. The van der Waals surface area contributed by atoms with Gasteiger partial charge in [0.2, 0.25) is 5.91 Å². The Morgan fingerprint density at radius 3 is 2.55 bits per heavy atom. The monoisotopic (exact) mass is 470 g/mol. The van der Waals surface area contributed by atoms with Gasteiger partial charge < -0.3 is 10.1 Å². The average molecular weight is 472 g/mol. The second-order valence-electron chi connectivity index (χ2n) is 5.83. The van der Waals surface area contributed by atoms with Crippen LogP contribution in [-0.4, -0.2) is 35.6 Å². The van der Waals surface area contributed by atoms with E-state index in [2.05, 4.69) is 5.32 Å². The average Bonchev–Trinajstić information content (AvgIpc) is 2.91. The van der Waals surface area contributed by atoms with Crippen molar-refractivity contribution in [3.05, 3.63) is 61.9 Å². The summed E-state index contributed by atoms with van der Waals surface area (Å²) in [5, 5.41) is 3.16. The zero-order chi connectivity index (χ0) is 21.1. The molecule has 0 bridgehead atoms. The maximum absolute atomic E-state index is 12.6. The second-order valence-corrected chi connectivity index (χ2v) is 8.08. The number of thioether (sulfide) groups is 1. The zero-order valence-electron chi connectivity index (χ0n) is 14.9. The van der Waals surface area contributed by atoms with Crippen molar-refractivity contribution in [1.82, 2.24) is 4.90 Å². The standard InChI is InChI=1S/C19H13Cl3N2O4S/c1-28-15-5-4-12(8-14(15)22)23-17(25)9-24-18(26)16(29-19(24)27)6-10-2-3-11(20)7-13(10)21/h2-8H,9H2,1H3,(H,23,25)/b16-6+. The van der Waals surface area contributed by atoms with Crippen molar-refractivity contribution in [2.75, 3.05) is 19.0 Å². The van der Waals surface area contributed by atoms with Crippen LogP contribution in [0.4, 0.5) is 10.5 Å². The Morgan fingerprint density at radius 1 is 1.14 bits per heavy atom. The molecule has 1 saturated heterocycles. The highest BCUT2D eigenvalue weighted by molar-refractivity contribution is 8.18. The lowest BCUT2D eigenvalue weighted by molar-refractivity contribution is -0.127. The van der Waals surface area contributed by atoms with Crippen LogP contribution in [0.3, 0.4) is 0 Å². The van der Waals surface area contributed by atoms with Crippen LogP contribution < -0.4 is 10.1 Å². The number of ether oxygens (including phenoxy) is 1. The van der Waals surface area contributed by atoms with Crippen LogP contribution >= 0.6 is 46.6 Å². The zero-order valence-corrected chi connectivity index (χ0v) is 18.0. The van der Waals surface area contributed by atoms with Crippen LogP contribution in [0, 0.1) is 0 Å². The van der Waals surface area contributed by atoms with E-state index in [-0.39, 0.29) is 4.91 Å². The molecule has 0 aromatic heterocycles. The molecule has 29 heavy (non-hydrogen) atoms. The number of hydrogen-bond donors (Lipinski definition) is 1. The number of methoxy groups -OCH3 is 1. The van der Waals surface area contributed by atoms with Gasteiger partial charge in [0.25, 0.3) is 11.1 Å². The number of anilines is 1. The van der Waals surface area contributed by atoms with Gasteiger partial charge in [0.1, 0.15) is 12.3 Å². The van der Waals surface area contributed by atoms with E-state index in [0.717, 1.165) is 16.7 Å². The number of carbonyl (C=O) groups is 3. The number of halogens is 3. The summed E-state index contributed by atoms with van der Waals surface area (Å²) in [6.07, 6.45) is 1.49. The molecular weight excluding hydrogens is 459 g/mol. The third-order valence-electron chi connectivity index (χ3n) is 3.86. The smallest absolute Gasteiger partial charge is 0.294 e. The Balaban J connectivity index is 1.70. The summed E-state index contributed by atoms with van der Waals surface area (Å²) in [6.45, 7) is -0.431. The van der Waals surface area contributed by atoms with Crippen LogP contribution in [0.5, 0.6) is 5.75 Å². The van der Waals surface area contributed by atoms with E-state index in [4.69, 9.17) is 39.5 Å². The first-order valence-corrected chi connectivity index (χ1v) is 10.1. The Bertz CT molecular complexity index is 1040. The van der Waals surface area contributed by atoms with Crippen LogP contribution in [0.15, 0.2) is 41.3 Å². The van der Waals surface area contributed by atoms with Gasteiger partial charge in [-0.2, -0.15) is 0 Å². The van der Waals surface area contributed by atoms with E-state index >= 15 is 0 Å². The molecule has 0 aliphatic carbocycles. The number of hydrogen-bond acceptors (Lipinski definition) is 5. The molecule has 0 spiro atoms. The van der Waals surface area contributed by atoms with Crippen molar-refractivity contribution >= 4 is 75.4 Å². The summed E-state index contributed by atoms with van der Waals surface area (Å²) in [5.74, 6) is -0.658. The fourth-order valence-electron chi connectivity index (χ4n) is 2.48. The predicted octanol–water partition coefficient (Wildman–Crippen LogP) is 5.33. The Labute approximate surface area is 185 Å². The van der Waals surface area contributed by atoms with E-state index < -0.39 is 23.6 Å². The molecule has 3 rings (SSSR count). The molecule has 1 fully saturated rings. The van der Waals surface area contributed by atoms with Gasteiger partial charge in [0.05, 0.1) is 17.0 Å². The van der Waals surface area contributed by atoms with E-state index in [1.165, 1.54) is 25.3 Å². The number of rotatable bonds is 5. The molecule has 2 aromatic rings. The molecule has 1 aliphatic rings. The molecule has 10 heteroatoms. The fourth-order valence-corrected chi connectivity index (χ4v) is 4.03. The summed E-state index contributed by atoms with van der Waals surface area (Å²) < 4.78 is 5.05. The lowest BCUT2D eigenvalue weighted by Gasteiger charge is -2.13. The maximum Gasteiger partial charge on any atom is 0.294 e. The van der Waals surface area contributed by atoms with Gasteiger partial charge in [0.15, 0.2) is 0 Å². The number of carbonyl (C=O) groups excluding carboxylic acids is 3. The lowest BCUT2D eigenvalue weighted by atomic mass is 10.2. The highest BCUT2D eigenvalue weighted by Crippen LogP contribution is 2.34. The Kier molecular flexibility index (Phi) is 6.74. The molecule has 1 heterocycles. The van der Waals surface area contributed by atoms with Crippen molar-refractivity contribution in [3.63, 3.8) is 0 Å². The predicted molar refractivity (Wildman–Crippen MR) is 116 cm³/mol. The summed E-state index contributed by atoms with van der Waals surface area (Å²) in [5.41, 5.74) is 0.954. The first kappa shape index (κ1) is 21.5. The minimum atomic E-state index is -0.575. The highest BCUT2D eigenvalue weighted by Gasteiger charge is 2.36. The molecule has 6 nitrogen and oxygen atoms in total. The lowest BCUT2D eigenvalue weighted by Crippen LogP contribution is -2.36. The summed E-state index contributed by atoms with van der Waals surface area (Å²) in [7, 11) is 1.48. The molecule has 0 saturated carbocycles. The van der Waals surface area contributed by atoms with Crippen LogP contribution in [0.2, 0.25) is 15.1 Å². The molecule has 1 aliphatic heterocycles. The van der Waals surface area contributed by atoms with Crippen molar-refractivity contribution in [1.29, 1.82) is 0 Å². The second kappa shape index (κ2) is 9.09. The van der Waals surface area contributed by atoms with Crippen molar-refractivity contribution in [2.45, 2.75) is 0 Å². The van der Waals surface area contributed by atoms with Gasteiger partial charge in [-0.05, 0) is 53.7 Å².